The van der Waals surface area contributed by atoms with Crippen LogP contribution in [0.2, 0.25) is 0 Å². The first-order valence-electron chi connectivity index (χ1n) is 6.95. The predicted octanol–water partition coefficient (Wildman–Crippen LogP) is 3.57. The minimum absolute atomic E-state index is 0. The topological polar surface area (TPSA) is 68.3 Å². The third kappa shape index (κ3) is 4.53. The van der Waals surface area contributed by atoms with Gasteiger partial charge in [0.05, 0.1) is 18.2 Å². The van der Waals surface area contributed by atoms with Crippen molar-refractivity contribution in [2.45, 2.75) is 26.4 Å². The van der Waals surface area contributed by atoms with Crippen LogP contribution in [0.4, 0.5) is 8.78 Å². The minimum Gasteiger partial charge on any atom is -0.467 e. The van der Waals surface area contributed by atoms with Crippen molar-refractivity contribution in [3.63, 3.8) is 0 Å². The Morgan fingerprint density at radius 2 is 2.00 bits per heavy atom. The molecule has 0 aliphatic carbocycles. The first-order chi connectivity index (χ1) is 10.4. The number of amides is 1. The molecule has 0 fully saturated rings. The van der Waals surface area contributed by atoms with E-state index < -0.39 is 23.6 Å². The lowest BCUT2D eigenvalue weighted by Crippen LogP contribution is -2.32. The lowest BCUT2D eigenvalue weighted by Gasteiger charge is -2.23. The highest BCUT2D eigenvalue weighted by molar-refractivity contribution is 5.94. The Balaban J connectivity index is 0.00000264. The number of hydrogen-bond acceptors (Lipinski definition) is 3. The van der Waals surface area contributed by atoms with Crippen LogP contribution in [0.1, 0.15) is 41.6 Å². The lowest BCUT2D eigenvalue weighted by atomic mass is 9.95. The predicted molar refractivity (Wildman–Crippen MR) is 85.3 cm³/mol. The molecule has 0 aliphatic heterocycles. The monoisotopic (exact) mass is 344 g/mol. The average Bonchev–Trinajstić information content (AvgIpc) is 2.94. The molecule has 0 saturated heterocycles. The van der Waals surface area contributed by atoms with E-state index in [1.807, 2.05) is 13.8 Å². The SMILES string of the molecule is CC(C)C(NC(=O)c1coc(CN)c1)c1ccc(F)cc1F.Cl. The van der Waals surface area contributed by atoms with Crippen LogP contribution in [0.25, 0.3) is 0 Å². The minimum atomic E-state index is -0.686. The molecular formula is C16H19ClF2N2O2. The molecule has 23 heavy (non-hydrogen) atoms. The molecule has 1 aromatic heterocycles. The summed E-state index contributed by atoms with van der Waals surface area (Å²) in [5.41, 5.74) is 5.98. The lowest BCUT2D eigenvalue weighted by molar-refractivity contribution is 0.0924. The number of furan rings is 1. The third-order valence-electron chi connectivity index (χ3n) is 3.37. The molecule has 3 N–H and O–H groups in total. The highest BCUT2D eigenvalue weighted by Gasteiger charge is 2.23. The van der Waals surface area contributed by atoms with E-state index >= 15 is 0 Å². The average molecular weight is 345 g/mol. The molecule has 0 aliphatic rings. The number of nitrogens with two attached hydrogens (primary N) is 1. The number of carbonyl (C=O) groups excluding carboxylic acids is 1. The first kappa shape index (κ1) is 19.1. The fraction of sp³-hybridized carbons (Fsp3) is 0.312. The van der Waals surface area contributed by atoms with E-state index in [0.717, 1.165) is 6.07 Å². The number of halogens is 3. The molecule has 1 unspecified atom stereocenters. The van der Waals surface area contributed by atoms with E-state index in [1.165, 1.54) is 24.5 Å². The van der Waals surface area contributed by atoms with Crippen LogP contribution in [-0.4, -0.2) is 5.91 Å². The molecular weight excluding hydrogens is 326 g/mol. The molecule has 0 radical (unpaired) electrons. The maximum Gasteiger partial charge on any atom is 0.255 e. The van der Waals surface area contributed by atoms with Crippen molar-refractivity contribution in [2.75, 3.05) is 0 Å². The second kappa shape index (κ2) is 8.08. The van der Waals surface area contributed by atoms with Crippen molar-refractivity contribution in [2.24, 2.45) is 11.7 Å². The van der Waals surface area contributed by atoms with Gasteiger partial charge in [-0.2, -0.15) is 0 Å². The quantitative estimate of drug-likeness (QED) is 0.871. The summed E-state index contributed by atoms with van der Waals surface area (Å²) in [6.45, 7) is 3.87. The van der Waals surface area contributed by atoms with Crippen LogP contribution in [-0.2, 0) is 6.54 Å². The maximum atomic E-state index is 13.9. The maximum absolute atomic E-state index is 13.9. The van der Waals surface area contributed by atoms with Gasteiger partial charge in [-0.15, -0.1) is 12.4 Å². The van der Waals surface area contributed by atoms with Crippen molar-refractivity contribution in [1.82, 2.24) is 5.32 Å². The standard InChI is InChI=1S/C16H18F2N2O2.ClH/c1-9(2)15(13-4-3-11(17)6-14(13)18)20-16(21)10-5-12(7-19)22-8-10;/h3-6,8-9,15H,7,19H2,1-2H3,(H,20,21);1H. The summed E-state index contributed by atoms with van der Waals surface area (Å²) in [6, 6.07) is 4.28. The van der Waals surface area contributed by atoms with E-state index in [4.69, 9.17) is 10.2 Å². The molecule has 0 saturated carbocycles. The Morgan fingerprint density at radius 1 is 1.30 bits per heavy atom. The Labute approximate surface area is 139 Å². The van der Waals surface area contributed by atoms with Gasteiger partial charge in [0.15, 0.2) is 0 Å². The molecule has 4 nitrogen and oxygen atoms in total. The highest BCUT2D eigenvalue weighted by atomic mass is 35.5. The normalized spacial score (nSPS) is 11.9. The summed E-state index contributed by atoms with van der Waals surface area (Å²) < 4.78 is 32.1. The first-order valence-corrected chi connectivity index (χ1v) is 6.95. The third-order valence-corrected chi connectivity index (χ3v) is 3.37. The molecule has 1 amide bonds. The van der Waals surface area contributed by atoms with E-state index in [0.29, 0.717) is 11.3 Å². The summed E-state index contributed by atoms with van der Waals surface area (Å²) >= 11 is 0. The Hall–Kier alpha value is -1.92. The molecule has 2 rings (SSSR count). The Bertz CT molecular complexity index is 674. The summed E-state index contributed by atoms with van der Waals surface area (Å²) in [5.74, 6) is -1.33. The van der Waals surface area contributed by atoms with Gasteiger partial charge in [-0.1, -0.05) is 19.9 Å². The summed E-state index contributed by atoms with van der Waals surface area (Å²) in [7, 11) is 0. The van der Waals surface area contributed by atoms with E-state index in [1.54, 1.807) is 0 Å². The molecule has 7 heteroatoms. The Morgan fingerprint density at radius 3 is 2.52 bits per heavy atom. The van der Waals surface area contributed by atoms with Crippen molar-refractivity contribution in [3.8, 4) is 0 Å². The van der Waals surface area contributed by atoms with Crippen LogP contribution >= 0.6 is 12.4 Å². The van der Waals surface area contributed by atoms with Crippen molar-refractivity contribution in [1.29, 1.82) is 0 Å². The van der Waals surface area contributed by atoms with Crippen molar-refractivity contribution in [3.05, 3.63) is 59.1 Å². The van der Waals surface area contributed by atoms with E-state index in [-0.39, 0.29) is 30.4 Å². The molecule has 0 bridgehead atoms. The molecule has 126 valence electrons. The summed E-state index contributed by atoms with van der Waals surface area (Å²) in [4.78, 5) is 12.2. The van der Waals surface area contributed by atoms with Crippen LogP contribution < -0.4 is 11.1 Å². The van der Waals surface area contributed by atoms with Crippen LogP contribution in [0, 0.1) is 17.6 Å². The van der Waals surface area contributed by atoms with E-state index in [9.17, 15) is 13.6 Å². The molecule has 1 atom stereocenters. The zero-order chi connectivity index (χ0) is 16.3. The van der Waals surface area contributed by atoms with Gasteiger partial charge in [-0.05, 0) is 18.1 Å². The second-order valence-electron chi connectivity index (χ2n) is 5.37. The van der Waals surface area contributed by atoms with Crippen LogP contribution in [0.5, 0.6) is 0 Å². The molecule has 1 heterocycles. The largest absolute Gasteiger partial charge is 0.467 e. The van der Waals surface area contributed by atoms with Gasteiger partial charge in [-0.25, -0.2) is 8.78 Å². The number of nitrogens with one attached hydrogen (secondary N) is 1. The van der Waals surface area contributed by atoms with Gasteiger partial charge in [0.25, 0.3) is 5.91 Å². The van der Waals surface area contributed by atoms with Crippen molar-refractivity contribution < 1.29 is 18.0 Å². The van der Waals surface area contributed by atoms with Gasteiger partial charge in [0, 0.05) is 11.6 Å². The Kier molecular flexibility index (Phi) is 6.72. The zero-order valence-corrected chi connectivity index (χ0v) is 13.6. The summed E-state index contributed by atoms with van der Waals surface area (Å²) in [6.07, 6.45) is 1.30. The highest BCUT2D eigenvalue weighted by Crippen LogP contribution is 2.25. The fourth-order valence-corrected chi connectivity index (χ4v) is 2.19. The fourth-order valence-electron chi connectivity index (χ4n) is 2.19. The molecule has 2 aromatic rings. The van der Waals surface area contributed by atoms with Crippen LogP contribution in [0.15, 0.2) is 34.9 Å². The van der Waals surface area contributed by atoms with E-state index in [2.05, 4.69) is 5.32 Å². The van der Waals surface area contributed by atoms with Gasteiger partial charge in [-0.3, -0.25) is 4.79 Å². The van der Waals surface area contributed by atoms with Crippen LogP contribution in [0.3, 0.4) is 0 Å². The summed E-state index contributed by atoms with van der Waals surface area (Å²) in [5, 5.41) is 2.74. The smallest absolute Gasteiger partial charge is 0.255 e. The van der Waals surface area contributed by atoms with Crippen molar-refractivity contribution >= 4 is 18.3 Å². The van der Waals surface area contributed by atoms with Gasteiger partial charge < -0.3 is 15.5 Å². The molecule has 0 spiro atoms. The number of rotatable bonds is 5. The van der Waals surface area contributed by atoms with Gasteiger partial charge >= 0.3 is 0 Å². The number of benzene rings is 1. The van der Waals surface area contributed by atoms with Gasteiger partial charge in [0.2, 0.25) is 0 Å². The molecule has 1 aromatic carbocycles. The second-order valence-corrected chi connectivity index (χ2v) is 5.37. The number of carbonyl (C=O) groups is 1. The van der Waals surface area contributed by atoms with Gasteiger partial charge in [0.1, 0.15) is 23.7 Å². The zero-order valence-electron chi connectivity index (χ0n) is 12.8. The number of hydrogen-bond donors (Lipinski definition) is 2.